The standard InChI is InChI=1S/C19H26F2N2O2/c20-19(21)25-17-9-5-6-14(12-17)18(24)22-15-10-11-23(13-15)16-7-3-1-2-4-8-16/h5-6,9,12,15-16,19H,1-4,7-8,10-11,13H2,(H,22,24). The molecule has 0 spiro atoms. The highest BCUT2D eigenvalue weighted by Crippen LogP contribution is 2.25. The van der Waals surface area contributed by atoms with E-state index >= 15 is 0 Å². The smallest absolute Gasteiger partial charge is 0.387 e. The van der Waals surface area contributed by atoms with Gasteiger partial charge < -0.3 is 10.1 Å². The van der Waals surface area contributed by atoms with Crippen molar-refractivity contribution < 1.29 is 18.3 Å². The van der Waals surface area contributed by atoms with Crippen LogP contribution in [0.2, 0.25) is 0 Å². The highest BCUT2D eigenvalue weighted by molar-refractivity contribution is 5.94. The molecule has 0 aromatic heterocycles. The molecule has 1 aliphatic heterocycles. The third-order valence-electron chi connectivity index (χ3n) is 5.22. The molecule has 1 unspecified atom stereocenters. The minimum absolute atomic E-state index is 0.00848. The number of likely N-dealkylation sites (tertiary alicyclic amines) is 1. The predicted octanol–water partition coefficient (Wildman–Crippen LogP) is 3.81. The summed E-state index contributed by atoms with van der Waals surface area (Å²) in [6.45, 7) is -0.991. The van der Waals surface area contributed by atoms with Crippen LogP contribution in [-0.2, 0) is 0 Å². The largest absolute Gasteiger partial charge is 0.435 e. The van der Waals surface area contributed by atoms with E-state index in [1.54, 1.807) is 12.1 Å². The van der Waals surface area contributed by atoms with Gasteiger partial charge in [-0.25, -0.2) is 0 Å². The summed E-state index contributed by atoms with van der Waals surface area (Å²) in [7, 11) is 0. The van der Waals surface area contributed by atoms with E-state index in [0.29, 0.717) is 11.6 Å². The lowest BCUT2D eigenvalue weighted by atomic mass is 10.1. The normalized spacial score (nSPS) is 22.8. The van der Waals surface area contributed by atoms with Gasteiger partial charge in [0, 0.05) is 30.7 Å². The van der Waals surface area contributed by atoms with Crippen LogP contribution in [0.4, 0.5) is 8.78 Å². The molecule has 138 valence electrons. The molecule has 0 bridgehead atoms. The molecule has 6 heteroatoms. The van der Waals surface area contributed by atoms with Crippen molar-refractivity contribution in [3.8, 4) is 5.75 Å². The molecule has 1 N–H and O–H groups in total. The number of benzene rings is 1. The van der Waals surface area contributed by atoms with Crippen LogP contribution < -0.4 is 10.1 Å². The van der Waals surface area contributed by atoms with Gasteiger partial charge in [0.1, 0.15) is 5.75 Å². The molecule has 4 nitrogen and oxygen atoms in total. The van der Waals surface area contributed by atoms with Crippen LogP contribution in [0.25, 0.3) is 0 Å². The van der Waals surface area contributed by atoms with Crippen molar-refractivity contribution in [3.05, 3.63) is 29.8 Å². The average Bonchev–Trinajstić information content (AvgIpc) is 2.87. The van der Waals surface area contributed by atoms with Crippen LogP contribution in [0, 0.1) is 0 Å². The average molecular weight is 352 g/mol. The first-order valence-electron chi connectivity index (χ1n) is 9.21. The second-order valence-corrected chi connectivity index (χ2v) is 7.01. The third-order valence-corrected chi connectivity index (χ3v) is 5.22. The van der Waals surface area contributed by atoms with Crippen molar-refractivity contribution in [1.82, 2.24) is 10.2 Å². The van der Waals surface area contributed by atoms with Gasteiger partial charge in [-0.2, -0.15) is 8.78 Å². The number of hydrogen-bond donors (Lipinski definition) is 1. The van der Waals surface area contributed by atoms with Gasteiger partial charge in [-0.15, -0.1) is 0 Å². The summed E-state index contributed by atoms with van der Waals surface area (Å²) in [4.78, 5) is 14.9. The number of nitrogens with one attached hydrogen (secondary N) is 1. The molecule has 0 radical (unpaired) electrons. The number of ether oxygens (including phenoxy) is 1. The van der Waals surface area contributed by atoms with Gasteiger partial charge in [0.05, 0.1) is 0 Å². The Kier molecular flexibility index (Phi) is 6.24. The van der Waals surface area contributed by atoms with Gasteiger partial charge in [0.2, 0.25) is 0 Å². The second-order valence-electron chi connectivity index (χ2n) is 7.01. The molecule has 1 aliphatic carbocycles. The number of hydrogen-bond acceptors (Lipinski definition) is 3. The number of nitrogens with zero attached hydrogens (tertiary/aromatic N) is 1. The molecule has 3 rings (SSSR count). The Morgan fingerprint density at radius 2 is 1.92 bits per heavy atom. The Balaban J connectivity index is 1.53. The molecular formula is C19H26F2N2O2. The predicted molar refractivity (Wildman–Crippen MR) is 92.0 cm³/mol. The van der Waals surface area contributed by atoms with Crippen LogP contribution in [0.3, 0.4) is 0 Å². The quantitative estimate of drug-likeness (QED) is 0.819. The summed E-state index contributed by atoms with van der Waals surface area (Å²) in [5.74, 6) is -0.221. The minimum Gasteiger partial charge on any atom is -0.435 e. The topological polar surface area (TPSA) is 41.6 Å². The maximum Gasteiger partial charge on any atom is 0.387 e. The number of rotatable bonds is 5. The molecule has 1 saturated heterocycles. The van der Waals surface area contributed by atoms with Crippen LogP contribution in [0.15, 0.2) is 24.3 Å². The van der Waals surface area contributed by atoms with Crippen molar-refractivity contribution in [2.75, 3.05) is 13.1 Å². The fourth-order valence-electron chi connectivity index (χ4n) is 3.94. The van der Waals surface area contributed by atoms with Crippen molar-refractivity contribution in [3.63, 3.8) is 0 Å². The molecule has 1 saturated carbocycles. The molecule has 1 aromatic rings. The maximum absolute atomic E-state index is 12.4. The Morgan fingerprint density at radius 3 is 2.64 bits per heavy atom. The van der Waals surface area contributed by atoms with E-state index in [1.807, 2.05) is 0 Å². The van der Waals surface area contributed by atoms with Crippen LogP contribution in [0.1, 0.15) is 55.3 Å². The van der Waals surface area contributed by atoms with Gasteiger partial charge >= 0.3 is 6.61 Å². The molecule has 2 fully saturated rings. The summed E-state index contributed by atoms with van der Waals surface area (Å²) in [6, 6.07) is 6.72. The van der Waals surface area contributed by atoms with Crippen LogP contribution in [-0.4, -0.2) is 42.6 Å². The van der Waals surface area contributed by atoms with Gasteiger partial charge in [-0.05, 0) is 37.5 Å². The summed E-state index contributed by atoms with van der Waals surface area (Å²) in [5.41, 5.74) is 0.353. The zero-order valence-electron chi connectivity index (χ0n) is 14.4. The van der Waals surface area contributed by atoms with E-state index < -0.39 is 6.61 Å². The van der Waals surface area contributed by atoms with E-state index in [2.05, 4.69) is 15.0 Å². The van der Waals surface area contributed by atoms with Crippen molar-refractivity contribution >= 4 is 5.91 Å². The Labute approximate surface area is 147 Å². The Bertz CT molecular complexity index is 574. The third kappa shape index (κ3) is 5.14. The van der Waals surface area contributed by atoms with E-state index in [0.717, 1.165) is 19.5 Å². The number of halogens is 2. The SMILES string of the molecule is O=C(NC1CCN(C2CCCCCC2)C1)c1cccc(OC(F)F)c1. The molecule has 1 amide bonds. The number of carbonyl (C=O) groups excluding carboxylic acids is 1. The van der Waals surface area contributed by atoms with Crippen molar-refractivity contribution in [2.24, 2.45) is 0 Å². The van der Waals surface area contributed by atoms with Gasteiger partial charge in [-0.3, -0.25) is 9.69 Å². The van der Waals surface area contributed by atoms with E-state index in [1.165, 1.54) is 50.7 Å². The van der Waals surface area contributed by atoms with Gasteiger partial charge in [0.25, 0.3) is 5.91 Å². The van der Waals surface area contributed by atoms with Crippen LogP contribution in [0.5, 0.6) is 5.75 Å². The molecule has 1 heterocycles. The summed E-state index contributed by atoms with van der Waals surface area (Å²) < 4.78 is 29.0. The first kappa shape index (κ1) is 18.1. The fraction of sp³-hybridized carbons (Fsp3) is 0.632. The van der Waals surface area contributed by atoms with Crippen molar-refractivity contribution in [1.29, 1.82) is 0 Å². The lowest BCUT2D eigenvalue weighted by Crippen LogP contribution is -2.39. The maximum atomic E-state index is 12.4. The number of carbonyl (C=O) groups is 1. The summed E-state index contributed by atoms with van der Waals surface area (Å²) in [6.07, 6.45) is 8.73. The summed E-state index contributed by atoms with van der Waals surface area (Å²) in [5, 5.41) is 3.04. The zero-order chi connectivity index (χ0) is 17.6. The van der Waals surface area contributed by atoms with E-state index in [9.17, 15) is 13.6 Å². The van der Waals surface area contributed by atoms with Gasteiger partial charge in [-0.1, -0.05) is 31.7 Å². The number of amides is 1. The monoisotopic (exact) mass is 352 g/mol. The van der Waals surface area contributed by atoms with Crippen molar-refractivity contribution in [2.45, 2.75) is 63.6 Å². The van der Waals surface area contributed by atoms with Crippen LogP contribution >= 0.6 is 0 Å². The van der Waals surface area contributed by atoms with E-state index in [4.69, 9.17) is 0 Å². The lowest BCUT2D eigenvalue weighted by Gasteiger charge is -2.26. The first-order valence-corrected chi connectivity index (χ1v) is 9.21. The Morgan fingerprint density at radius 1 is 1.16 bits per heavy atom. The second kappa shape index (κ2) is 8.61. The highest BCUT2D eigenvalue weighted by Gasteiger charge is 2.29. The molecule has 25 heavy (non-hydrogen) atoms. The first-order chi connectivity index (χ1) is 12.1. The lowest BCUT2D eigenvalue weighted by molar-refractivity contribution is -0.0498. The number of alkyl halides is 2. The molecule has 1 atom stereocenters. The summed E-state index contributed by atoms with van der Waals surface area (Å²) >= 11 is 0. The highest BCUT2D eigenvalue weighted by atomic mass is 19.3. The molecule has 2 aliphatic rings. The Hall–Kier alpha value is -1.69. The van der Waals surface area contributed by atoms with Gasteiger partial charge in [0.15, 0.2) is 0 Å². The molecular weight excluding hydrogens is 326 g/mol. The minimum atomic E-state index is -2.89. The fourth-order valence-corrected chi connectivity index (χ4v) is 3.94. The van der Waals surface area contributed by atoms with E-state index in [-0.39, 0.29) is 17.7 Å². The zero-order valence-corrected chi connectivity index (χ0v) is 14.4. The molecule has 1 aromatic carbocycles.